The first-order chi connectivity index (χ1) is 15.5. The zero-order valence-corrected chi connectivity index (χ0v) is 18.3. The van der Waals surface area contributed by atoms with Crippen molar-refractivity contribution in [3.8, 4) is 11.3 Å². The molecule has 1 aliphatic rings. The fraction of sp³-hybridized carbons (Fsp3) is 0.261. The van der Waals surface area contributed by atoms with Crippen LogP contribution in [0, 0.1) is 5.82 Å². The van der Waals surface area contributed by atoms with Crippen molar-refractivity contribution >= 4 is 28.8 Å². The molecular weight excluding hydrogens is 429 g/mol. The van der Waals surface area contributed by atoms with Gasteiger partial charge in [0, 0.05) is 48.4 Å². The van der Waals surface area contributed by atoms with Crippen molar-refractivity contribution in [2.24, 2.45) is 5.73 Å². The number of nitrogens with two attached hydrogens (primary N) is 1. The van der Waals surface area contributed by atoms with E-state index >= 15 is 0 Å². The van der Waals surface area contributed by atoms with E-state index in [4.69, 9.17) is 5.73 Å². The first-order valence-corrected chi connectivity index (χ1v) is 11.2. The Hall–Kier alpha value is -3.14. The highest BCUT2D eigenvalue weighted by Gasteiger charge is 2.20. The summed E-state index contributed by atoms with van der Waals surface area (Å²) < 4.78 is 13.1. The van der Waals surface area contributed by atoms with Gasteiger partial charge in [0.25, 0.3) is 0 Å². The number of nitrogens with one attached hydrogen (secondary N) is 1. The van der Waals surface area contributed by atoms with Gasteiger partial charge in [-0.3, -0.25) is 19.4 Å². The molecule has 0 aliphatic carbocycles. The number of rotatable bonds is 7. The summed E-state index contributed by atoms with van der Waals surface area (Å²) in [6.07, 6.45) is 0. The van der Waals surface area contributed by atoms with Gasteiger partial charge in [-0.1, -0.05) is 0 Å². The maximum atomic E-state index is 13.1. The van der Waals surface area contributed by atoms with E-state index in [0.29, 0.717) is 17.8 Å². The number of thiazole rings is 1. The van der Waals surface area contributed by atoms with Crippen LogP contribution >= 0.6 is 11.3 Å². The molecule has 1 aliphatic heterocycles. The summed E-state index contributed by atoms with van der Waals surface area (Å²) in [4.78, 5) is 32.6. The zero-order chi connectivity index (χ0) is 22.5. The van der Waals surface area contributed by atoms with Crippen LogP contribution in [0.25, 0.3) is 11.3 Å². The molecule has 0 saturated carbocycles. The van der Waals surface area contributed by atoms with Crippen LogP contribution in [0.3, 0.4) is 0 Å². The summed E-state index contributed by atoms with van der Waals surface area (Å²) >= 11 is 1.60. The highest BCUT2D eigenvalue weighted by atomic mass is 32.1. The summed E-state index contributed by atoms with van der Waals surface area (Å²) in [7, 11) is 0. The Morgan fingerprint density at radius 2 is 1.66 bits per heavy atom. The number of nitrogens with zero attached hydrogens (tertiary/aromatic N) is 3. The SMILES string of the molecule is NC(=O)c1ccc(NC(=O)CN2CCN(Cc3nc(-c4ccc(F)cc4)cs3)CC2)cc1. The fourth-order valence-corrected chi connectivity index (χ4v) is 4.40. The third kappa shape index (κ3) is 5.76. The van der Waals surface area contributed by atoms with Crippen LogP contribution in [0.4, 0.5) is 10.1 Å². The van der Waals surface area contributed by atoms with E-state index in [2.05, 4.69) is 20.1 Å². The number of anilines is 1. The number of halogens is 1. The molecule has 166 valence electrons. The van der Waals surface area contributed by atoms with Crippen molar-refractivity contribution in [3.05, 3.63) is 70.3 Å². The zero-order valence-electron chi connectivity index (χ0n) is 17.5. The number of piperazine rings is 1. The van der Waals surface area contributed by atoms with Crippen molar-refractivity contribution < 1.29 is 14.0 Å². The molecule has 9 heteroatoms. The summed E-state index contributed by atoms with van der Waals surface area (Å²) in [6.45, 7) is 4.38. The van der Waals surface area contributed by atoms with Gasteiger partial charge >= 0.3 is 0 Å². The Kier molecular flexibility index (Phi) is 6.89. The number of carbonyl (C=O) groups excluding carboxylic acids is 2. The predicted octanol–water partition coefficient (Wildman–Crippen LogP) is 2.80. The van der Waals surface area contributed by atoms with Gasteiger partial charge in [0.05, 0.1) is 18.8 Å². The first kappa shape index (κ1) is 22.1. The second-order valence-corrected chi connectivity index (χ2v) is 8.62. The first-order valence-electron chi connectivity index (χ1n) is 10.3. The third-order valence-electron chi connectivity index (χ3n) is 5.34. The van der Waals surface area contributed by atoms with Gasteiger partial charge in [0.1, 0.15) is 10.8 Å². The number of amides is 2. The lowest BCUT2D eigenvalue weighted by Gasteiger charge is -2.33. The predicted molar refractivity (Wildman–Crippen MR) is 123 cm³/mol. The summed E-state index contributed by atoms with van der Waals surface area (Å²) in [5.41, 5.74) is 8.05. The van der Waals surface area contributed by atoms with Gasteiger partial charge < -0.3 is 11.1 Å². The van der Waals surface area contributed by atoms with Crippen LogP contribution in [0.2, 0.25) is 0 Å². The Bertz CT molecular complexity index is 1080. The average molecular weight is 454 g/mol. The molecule has 2 heterocycles. The van der Waals surface area contributed by atoms with Gasteiger partial charge in [0.2, 0.25) is 11.8 Å². The smallest absolute Gasteiger partial charge is 0.248 e. The summed E-state index contributed by atoms with van der Waals surface area (Å²) in [5, 5.41) is 5.87. The Morgan fingerprint density at radius 3 is 2.31 bits per heavy atom. The van der Waals surface area contributed by atoms with E-state index in [1.54, 1.807) is 47.7 Å². The van der Waals surface area contributed by atoms with Crippen LogP contribution in [0.1, 0.15) is 15.4 Å². The quantitative estimate of drug-likeness (QED) is 0.574. The maximum absolute atomic E-state index is 13.1. The minimum atomic E-state index is -0.495. The third-order valence-corrected chi connectivity index (χ3v) is 6.17. The maximum Gasteiger partial charge on any atom is 0.248 e. The number of carbonyl (C=O) groups is 2. The Labute approximate surface area is 189 Å². The van der Waals surface area contributed by atoms with Gasteiger partial charge in [-0.2, -0.15) is 0 Å². The lowest BCUT2D eigenvalue weighted by molar-refractivity contribution is -0.117. The molecule has 0 bridgehead atoms. The van der Waals surface area contributed by atoms with Crippen LogP contribution in [0.15, 0.2) is 53.9 Å². The Morgan fingerprint density at radius 1 is 1.00 bits per heavy atom. The number of primary amides is 1. The highest BCUT2D eigenvalue weighted by molar-refractivity contribution is 7.09. The molecule has 0 radical (unpaired) electrons. The second-order valence-electron chi connectivity index (χ2n) is 7.68. The van der Waals surface area contributed by atoms with Gasteiger partial charge in [-0.25, -0.2) is 9.37 Å². The molecule has 3 aromatic rings. The normalized spacial score (nSPS) is 14.9. The summed E-state index contributed by atoms with van der Waals surface area (Å²) in [5.74, 6) is -0.837. The molecule has 3 N–H and O–H groups in total. The van der Waals surface area contributed by atoms with Crippen LogP contribution in [-0.4, -0.2) is 59.3 Å². The van der Waals surface area contributed by atoms with E-state index < -0.39 is 5.91 Å². The molecule has 1 fully saturated rings. The van der Waals surface area contributed by atoms with E-state index in [-0.39, 0.29) is 11.7 Å². The standard InChI is InChI=1S/C23H24FN5O2S/c24-18-5-1-16(2-6-18)20-15-32-22(27-20)14-29-11-9-28(10-12-29)13-21(30)26-19-7-3-17(4-8-19)23(25)31/h1-8,15H,9-14H2,(H2,25,31)(H,26,30). The number of hydrogen-bond acceptors (Lipinski definition) is 6. The molecule has 2 amide bonds. The Balaban J connectivity index is 1.22. The molecule has 0 unspecified atom stereocenters. The topological polar surface area (TPSA) is 91.6 Å². The van der Waals surface area contributed by atoms with Crippen LogP contribution < -0.4 is 11.1 Å². The fourth-order valence-electron chi connectivity index (χ4n) is 3.55. The van der Waals surface area contributed by atoms with Gasteiger partial charge in [-0.05, 0) is 48.5 Å². The number of hydrogen-bond donors (Lipinski definition) is 2. The van der Waals surface area contributed by atoms with Crippen molar-refractivity contribution in [1.82, 2.24) is 14.8 Å². The summed E-state index contributed by atoms with van der Waals surface area (Å²) in [6, 6.07) is 12.9. The van der Waals surface area contributed by atoms with Crippen LogP contribution in [-0.2, 0) is 11.3 Å². The molecule has 0 atom stereocenters. The van der Waals surface area contributed by atoms with E-state index in [9.17, 15) is 14.0 Å². The number of benzene rings is 2. The highest BCUT2D eigenvalue weighted by Crippen LogP contribution is 2.23. The van der Waals surface area contributed by atoms with Gasteiger partial charge in [-0.15, -0.1) is 11.3 Å². The monoisotopic (exact) mass is 453 g/mol. The lowest BCUT2D eigenvalue weighted by atomic mass is 10.2. The van der Waals surface area contributed by atoms with Gasteiger partial charge in [0.15, 0.2) is 0 Å². The number of aromatic nitrogens is 1. The molecular formula is C23H24FN5O2S. The van der Waals surface area contributed by atoms with E-state index in [1.807, 2.05) is 5.38 Å². The van der Waals surface area contributed by atoms with Crippen molar-refractivity contribution in [2.75, 3.05) is 38.0 Å². The van der Waals surface area contributed by atoms with E-state index in [1.165, 1.54) is 12.1 Å². The second kappa shape index (κ2) is 9.99. The van der Waals surface area contributed by atoms with Crippen LogP contribution in [0.5, 0.6) is 0 Å². The molecule has 0 spiro atoms. The van der Waals surface area contributed by atoms with Crippen molar-refractivity contribution in [2.45, 2.75) is 6.54 Å². The van der Waals surface area contributed by atoms with Crippen molar-refractivity contribution in [3.63, 3.8) is 0 Å². The van der Waals surface area contributed by atoms with Crippen molar-refractivity contribution in [1.29, 1.82) is 0 Å². The minimum Gasteiger partial charge on any atom is -0.366 e. The molecule has 2 aromatic carbocycles. The average Bonchev–Trinajstić information content (AvgIpc) is 3.24. The molecule has 7 nitrogen and oxygen atoms in total. The molecule has 1 saturated heterocycles. The molecule has 4 rings (SSSR count). The van der Waals surface area contributed by atoms with E-state index in [0.717, 1.165) is 49.0 Å². The largest absolute Gasteiger partial charge is 0.366 e. The molecule has 1 aromatic heterocycles. The minimum absolute atomic E-state index is 0.0888. The molecule has 32 heavy (non-hydrogen) atoms. The lowest BCUT2D eigenvalue weighted by Crippen LogP contribution is -2.48.